The van der Waals surface area contributed by atoms with Crippen LogP contribution in [0.15, 0.2) is 18.3 Å². The Morgan fingerprint density at radius 3 is 2.69 bits per heavy atom. The van der Waals surface area contributed by atoms with Crippen LogP contribution >= 0.6 is 0 Å². The average molecular weight is 222 g/mol. The number of aromatic nitrogens is 1. The van der Waals surface area contributed by atoms with Crippen molar-refractivity contribution >= 4 is 5.97 Å². The SMILES string of the molecule is COC(=O)c1ccc(OC2(C)CNC2)nc1. The van der Waals surface area contributed by atoms with E-state index in [2.05, 4.69) is 15.0 Å². The number of methoxy groups -OCH3 is 1. The predicted molar refractivity (Wildman–Crippen MR) is 57.5 cm³/mol. The lowest BCUT2D eigenvalue weighted by atomic mass is 10.0. The molecule has 0 aliphatic carbocycles. The van der Waals surface area contributed by atoms with Gasteiger partial charge in [-0.05, 0) is 13.0 Å². The highest BCUT2D eigenvalue weighted by atomic mass is 16.5. The minimum Gasteiger partial charge on any atom is -0.469 e. The summed E-state index contributed by atoms with van der Waals surface area (Å²) < 4.78 is 10.3. The van der Waals surface area contributed by atoms with Crippen LogP contribution in [0.3, 0.4) is 0 Å². The summed E-state index contributed by atoms with van der Waals surface area (Å²) in [6.45, 7) is 3.64. The number of ether oxygens (including phenoxy) is 2. The molecule has 2 rings (SSSR count). The van der Waals surface area contributed by atoms with E-state index < -0.39 is 5.97 Å². The Morgan fingerprint density at radius 1 is 1.50 bits per heavy atom. The van der Waals surface area contributed by atoms with Gasteiger partial charge < -0.3 is 14.8 Å². The molecule has 0 atom stereocenters. The molecule has 1 N–H and O–H groups in total. The third-order valence-electron chi connectivity index (χ3n) is 2.51. The van der Waals surface area contributed by atoms with E-state index >= 15 is 0 Å². The van der Waals surface area contributed by atoms with Crippen LogP contribution in [0.1, 0.15) is 17.3 Å². The summed E-state index contributed by atoms with van der Waals surface area (Å²) in [4.78, 5) is 15.2. The normalized spacial score (nSPS) is 17.4. The van der Waals surface area contributed by atoms with E-state index in [1.807, 2.05) is 6.92 Å². The van der Waals surface area contributed by atoms with E-state index in [0.29, 0.717) is 11.4 Å². The molecule has 0 saturated carbocycles. The van der Waals surface area contributed by atoms with E-state index in [9.17, 15) is 4.79 Å². The largest absolute Gasteiger partial charge is 0.469 e. The van der Waals surface area contributed by atoms with Crippen LogP contribution in [-0.2, 0) is 4.74 Å². The molecule has 2 heterocycles. The van der Waals surface area contributed by atoms with Gasteiger partial charge in [0.05, 0.1) is 12.7 Å². The Kier molecular flexibility index (Phi) is 2.78. The number of carbonyl (C=O) groups is 1. The number of hydrogen-bond donors (Lipinski definition) is 1. The van der Waals surface area contributed by atoms with E-state index in [0.717, 1.165) is 13.1 Å². The number of hydrogen-bond acceptors (Lipinski definition) is 5. The highest BCUT2D eigenvalue weighted by Crippen LogP contribution is 2.19. The summed E-state index contributed by atoms with van der Waals surface area (Å²) in [5.74, 6) is 0.132. The molecule has 0 unspecified atom stereocenters. The summed E-state index contributed by atoms with van der Waals surface area (Å²) in [5.41, 5.74) is 0.242. The summed E-state index contributed by atoms with van der Waals surface area (Å²) >= 11 is 0. The summed E-state index contributed by atoms with van der Waals surface area (Å²) in [6, 6.07) is 3.32. The number of nitrogens with zero attached hydrogens (tertiary/aromatic N) is 1. The number of rotatable bonds is 3. The highest BCUT2D eigenvalue weighted by Gasteiger charge is 2.34. The van der Waals surface area contributed by atoms with Crippen LogP contribution in [0.2, 0.25) is 0 Å². The second kappa shape index (κ2) is 4.09. The first-order valence-electron chi connectivity index (χ1n) is 5.07. The van der Waals surface area contributed by atoms with Crippen molar-refractivity contribution < 1.29 is 14.3 Å². The lowest BCUT2D eigenvalue weighted by molar-refractivity contribution is 0.0304. The molecule has 86 valence electrons. The molecule has 5 heteroatoms. The van der Waals surface area contributed by atoms with Gasteiger partial charge in [0.2, 0.25) is 5.88 Å². The second-order valence-electron chi connectivity index (χ2n) is 4.03. The molecular formula is C11H14N2O3. The number of pyridine rings is 1. The Bertz CT molecular complexity index is 385. The van der Waals surface area contributed by atoms with Crippen molar-refractivity contribution in [3.63, 3.8) is 0 Å². The third-order valence-corrected chi connectivity index (χ3v) is 2.51. The van der Waals surface area contributed by atoms with Gasteiger partial charge in [-0.25, -0.2) is 9.78 Å². The first-order valence-corrected chi connectivity index (χ1v) is 5.07. The van der Waals surface area contributed by atoms with Gasteiger partial charge in [0.1, 0.15) is 5.60 Å². The van der Waals surface area contributed by atoms with Crippen molar-refractivity contribution in [3.05, 3.63) is 23.9 Å². The maximum atomic E-state index is 11.2. The Balaban J connectivity index is 2.04. The zero-order valence-corrected chi connectivity index (χ0v) is 9.32. The highest BCUT2D eigenvalue weighted by molar-refractivity contribution is 5.88. The molecule has 0 spiro atoms. The number of esters is 1. The average Bonchev–Trinajstić information content (AvgIpc) is 2.27. The van der Waals surface area contributed by atoms with E-state index in [1.54, 1.807) is 12.1 Å². The Hall–Kier alpha value is -1.62. The smallest absolute Gasteiger partial charge is 0.339 e. The van der Waals surface area contributed by atoms with Gasteiger partial charge in [0.25, 0.3) is 0 Å². The molecule has 1 aliphatic rings. The van der Waals surface area contributed by atoms with Crippen molar-refractivity contribution in [1.29, 1.82) is 0 Å². The molecule has 0 aromatic carbocycles. The molecule has 1 saturated heterocycles. The maximum Gasteiger partial charge on any atom is 0.339 e. The maximum absolute atomic E-state index is 11.2. The van der Waals surface area contributed by atoms with Crippen molar-refractivity contribution in [1.82, 2.24) is 10.3 Å². The summed E-state index contributed by atoms with van der Waals surface area (Å²) in [5, 5.41) is 3.13. The molecule has 1 fully saturated rings. The fourth-order valence-electron chi connectivity index (χ4n) is 1.48. The Labute approximate surface area is 93.8 Å². The van der Waals surface area contributed by atoms with E-state index in [-0.39, 0.29) is 5.60 Å². The topological polar surface area (TPSA) is 60.5 Å². The zero-order chi connectivity index (χ0) is 11.6. The molecule has 1 aliphatic heterocycles. The quantitative estimate of drug-likeness (QED) is 0.759. The minimum atomic E-state index is -0.393. The summed E-state index contributed by atoms with van der Waals surface area (Å²) in [6.07, 6.45) is 1.45. The fourth-order valence-corrected chi connectivity index (χ4v) is 1.48. The molecule has 0 bridgehead atoms. The van der Waals surface area contributed by atoms with Crippen molar-refractivity contribution in [2.45, 2.75) is 12.5 Å². The first-order chi connectivity index (χ1) is 7.63. The van der Waals surface area contributed by atoms with Gasteiger partial charge in [0, 0.05) is 25.4 Å². The molecular weight excluding hydrogens is 208 g/mol. The minimum absolute atomic E-state index is 0.181. The first kappa shape index (κ1) is 10.9. The fraction of sp³-hybridized carbons (Fsp3) is 0.455. The van der Waals surface area contributed by atoms with E-state index in [1.165, 1.54) is 13.3 Å². The lowest BCUT2D eigenvalue weighted by Gasteiger charge is -2.38. The standard InChI is InChI=1S/C11H14N2O3/c1-11(6-12-7-11)16-9-4-3-8(5-13-9)10(14)15-2/h3-5,12H,6-7H2,1-2H3. The van der Waals surface area contributed by atoms with Crippen molar-refractivity contribution in [3.8, 4) is 5.88 Å². The Morgan fingerprint density at radius 2 is 2.25 bits per heavy atom. The molecule has 1 aromatic rings. The van der Waals surface area contributed by atoms with E-state index in [4.69, 9.17) is 4.74 Å². The molecule has 16 heavy (non-hydrogen) atoms. The van der Waals surface area contributed by atoms with Crippen LogP contribution in [-0.4, -0.2) is 36.8 Å². The summed E-state index contributed by atoms with van der Waals surface area (Å²) in [7, 11) is 1.34. The van der Waals surface area contributed by atoms with Gasteiger partial charge in [-0.1, -0.05) is 0 Å². The lowest BCUT2D eigenvalue weighted by Crippen LogP contribution is -2.61. The number of carbonyl (C=O) groups excluding carboxylic acids is 1. The van der Waals surface area contributed by atoms with Crippen LogP contribution in [0.5, 0.6) is 5.88 Å². The third kappa shape index (κ3) is 2.14. The van der Waals surface area contributed by atoms with Crippen LogP contribution in [0.25, 0.3) is 0 Å². The number of nitrogens with one attached hydrogen (secondary N) is 1. The monoisotopic (exact) mass is 222 g/mol. The van der Waals surface area contributed by atoms with Gasteiger partial charge in [-0.15, -0.1) is 0 Å². The van der Waals surface area contributed by atoms with Crippen LogP contribution in [0, 0.1) is 0 Å². The van der Waals surface area contributed by atoms with Crippen molar-refractivity contribution in [2.75, 3.05) is 20.2 Å². The van der Waals surface area contributed by atoms with Crippen LogP contribution in [0.4, 0.5) is 0 Å². The van der Waals surface area contributed by atoms with Gasteiger partial charge in [-0.2, -0.15) is 0 Å². The molecule has 5 nitrogen and oxygen atoms in total. The predicted octanol–water partition coefficient (Wildman–Crippen LogP) is 0.609. The molecule has 1 aromatic heterocycles. The molecule has 0 radical (unpaired) electrons. The van der Waals surface area contributed by atoms with Crippen LogP contribution < -0.4 is 10.1 Å². The van der Waals surface area contributed by atoms with Gasteiger partial charge in [-0.3, -0.25) is 0 Å². The second-order valence-corrected chi connectivity index (χ2v) is 4.03. The van der Waals surface area contributed by atoms with Gasteiger partial charge >= 0.3 is 5.97 Å². The molecule has 0 amide bonds. The van der Waals surface area contributed by atoms with Crippen molar-refractivity contribution in [2.24, 2.45) is 0 Å². The van der Waals surface area contributed by atoms with Gasteiger partial charge in [0.15, 0.2) is 0 Å². The zero-order valence-electron chi connectivity index (χ0n) is 9.32.